The molecule has 0 amide bonds. The first-order chi connectivity index (χ1) is 10.1. The minimum Gasteiger partial charge on any atom is -0.496 e. The van der Waals surface area contributed by atoms with E-state index in [1.54, 1.807) is 27.4 Å². The van der Waals surface area contributed by atoms with E-state index in [9.17, 15) is 0 Å². The Morgan fingerprint density at radius 3 is 2.24 bits per heavy atom. The van der Waals surface area contributed by atoms with Crippen LogP contribution in [-0.4, -0.2) is 31.5 Å². The number of rotatable bonds is 6. The summed E-state index contributed by atoms with van der Waals surface area (Å²) in [6.45, 7) is 2.02. The second-order valence-electron chi connectivity index (χ2n) is 4.37. The third-order valence-corrected chi connectivity index (χ3v) is 4.22. The normalized spacial score (nSPS) is 12.0. The van der Waals surface area contributed by atoms with Gasteiger partial charge in [-0.1, -0.05) is 18.3 Å². The first-order valence-electron chi connectivity index (χ1n) is 6.53. The van der Waals surface area contributed by atoms with Crippen molar-refractivity contribution in [1.29, 1.82) is 0 Å². The lowest BCUT2D eigenvalue weighted by Crippen LogP contribution is -2.07. The highest BCUT2D eigenvalue weighted by Gasteiger charge is 2.18. The number of aromatic nitrogens is 2. The Kier molecular flexibility index (Phi) is 4.98. The third kappa shape index (κ3) is 3.08. The van der Waals surface area contributed by atoms with Crippen LogP contribution in [0.5, 0.6) is 17.2 Å². The van der Waals surface area contributed by atoms with E-state index in [4.69, 9.17) is 19.9 Å². The van der Waals surface area contributed by atoms with Crippen LogP contribution in [0.1, 0.15) is 24.4 Å². The van der Waals surface area contributed by atoms with Crippen molar-refractivity contribution in [2.75, 3.05) is 21.3 Å². The average molecular weight is 309 g/mol. The summed E-state index contributed by atoms with van der Waals surface area (Å²) in [6, 6.07) is 3.51. The Labute approximate surface area is 127 Å². The van der Waals surface area contributed by atoms with Gasteiger partial charge in [-0.25, -0.2) is 0 Å². The molecule has 1 atom stereocenters. The summed E-state index contributed by atoms with van der Waals surface area (Å²) in [4.78, 5) is 0. The Morgan fingerprint density at radius 2 is 1.67 bits per heavy atom. The van der Waals surface area contributed by atoms with Crippen LogP contribution in [0, 0.1) is 0 Å². The highest BCUT2D eigenvalue weighted by Crippen LogP contribution is 2.41. The summed E-state index contributed by atoms with van der Waals surface area (Å²) in [6.07, 6.45) is 0.817. The molecule has 0 aliphatic rings. The minimum absolute atomic E-state index is 0.0950. The summed E-state index contributed by atoms with van der Waals surface area (Å²) in [5, 5.41) is 9.91. The molecule has 2 N–H and O–H groups in total. The van der Waals surface area contributed by atoms with Gasteiger partial charge in [-0.05, 0) is 12.5 Å². The summed E-state index contributed by atoms with van der Waals surface area (Å²) in [5.74, 6) is 1.87. The number of nitrogens with two attached hydrogens (primary N) is 1. The number of benzene rings is 1. The van der Waals surface area contributed by atoms with Crippen LogP contribution >= 0.6 is 11.3 Å². The van der Waals surface area contributed by atoms with Crippen molar-refractivity contribution in [3.63, 3.8) is 0 Å². The molecule has 6 nitrogen and oxygen atoms in total. The molecule has 1 heterocycles. The van der Waals surface area contributed by atoms with E-state index in [2.05, 4.69) is 10.2 Å². The van der Waals surface area contributed by atoms with Gasteiger partial charge in [-0.3, -0.25) is 0 Å². The van der Waals surface area contributed by atoms with E-state index in [1.807, 2.05) is 13.0 Å². The second-order valence-corrected chi connectivity index (χ2v) is 5.38. The molecule has 0 bridgehead atoms. The van der Waals surface area contributed by atoms with Crippen molar-refractivity contribution in [3.8, 4) is 27.8 Å². The lowest BCUT2D eigenvalue weighted by atomic mass is 10.2. The second kappa shape index (κ2) is 6.73. The summed E-state index contributed by atoms with van der Waals surface area (Å²) in [7, 11) is 4.78. The van der Waals surface area contributed by atoms with Crippen LogP contribution in [0.3, 0.4) is 0 Å². The molecule has 114 valence electrons. The van der Waals surface area contributed by atoms with E-state index in [1.165, 1.54) is 11.3 Å². The topological polar surface area (TPSA) is 79.5 Å². The molecule has 0 aliphatic heterocycles. The van der Waals surface area contributed by atoms with Crippen LogP contribution < -0.4 is 19.9 Å². The van der Waals surface area contributed by atoms with Crippen molar-refractivity contribution < 1.29 is 14.2 Å². The Balaban J connectivity index is 2.49. The molecular weight excluding hydrogens is 290 g/mol. The standard InChI is InChI=1S/C14H19N3O3S/c1-5-9(15)14-17-16-13(21-14)8-6-11(19-3)12(20-4)7-10(8)18-2/h6-7,9H,5,15H2,1-4H3. The number of hydrogen-bond acceptors (Lipinski definition) is 7. The first-order valence-corrected chi connectivity index (χ1v) is 7.35. The zero-order valence-corrected chi connectivity index (χ0v) is 13.4. The fourth-order valence-corrected chi connectivity index (χ4v) is 2.81. The van der Waals surface area contributed by atoms with Gasteiger partial charge in [0.1, 0.15) is 10.8 Å². The minimum atomic E-state index is -0.0950. The Bertz CT molecular complexity index is 616. The molecule has 1 aromatic heterocycles. The van der Waals surface area contributed by atoms with Crippen LogP contribution in [0.2, 0.25) is 0 Å². The maximum atomic E-state index is 5.99. The molecule has 0 radical (unpaired) electrons. The quantitative estimate of drug-likeness (QED) is 0.883. The van der Waals surface area contributed by atoms with Gasteiger partial charge in [-0.2, -0.15) is 0 Å². The lowest BCUT2D eigenvalue weighted by molar-refractivity contribution is 0.349. The van der Waals surface area contributed by atoms with Crippen molar-refractivity contribution in [2.24, 2.45) is 5.73 Å². The molecular formula is C14H19N3O3S. The van der Waals surface area contributed by atoms with Gasteiger partial charge in [0.15, 0.2) is 16.5 Å². The van der Waals surface area contributed by atoms with E-state index >= 15 is 0 Å². The van der Waals surface area contributed by atoms with Crippen LogP contribution in [0.4, 0.5) is 0 Å². The van der Waals surface area contributed by atoms with Gasteiger partial charge in [0.25, 0.3) is 0 Å². The molecule has 0 aliphatic carbocycles. The highest BCUT2D eigenvalue weighted by molar-refractivity contribution is 7.14. The molecule has 0 spiro atoms. The monoisotopic (exact) mass is 309 g/mol. The smallest absolute Gasteiger partial charge is 0.164 e. The molecule has 0 saturated carbocycles. The lowest BCUT2D eigenvalue weighted by Gasteiger charge is -2.12. The molecule has 21 heavy (non-hydrogen) atoms. The number of methoxy groups -OCH3 is 3. The summed E-state index contributed by atoms with van der Waals surface area (Å²) >= 11 is 1.46. The molecule has 2 aromatic rings. The van der Waals surface area contributed by atoms with Crippen molar-refractivity contribution in [1.82, 2.24) is 10.2 Å². The highest BCUT2D eigenvalue weighted by atomic mass is 32.1. The molecule has 0 fully saturated rings. The number of nitrogens with zero attached hydrogens (tertiary/aromatic N) is 2. The van der Waals surface area contributed by atoms with Crippen molar-refractivity contribution in [3.05, 3.63) is 17.1 Å². The summed E-state index contributed by atoms with van der Waals surface area (Å²) in [5.41, 5.74) is 6.80. The van der Waals surface area contributed by atoms with Gasteiger partial charge >= 0.3 is 0 Å². The summed E-state index contributed by atoms with van der Waals surface area (Å²) < 4.78 is 16.0. The molecule has 2 rings (SSSR count). The number of ether oxygens (including phenoxy) is 3. The predicted molar refractivity (Wildman–Crippen MR) is 82.2 cm³/mol. The van der Waals surface area contributed by atoms with Crippen LogP contribution in [0.25, 0.3) is 10.6 Å². The number of hydrogen-bond donors (Lipinski definition) is 1. The van der Waals surface area contributed by atoms with Crippen molar-refractivity contribution in [2.45, 2.75) is 19.4 Å². The van der Waals surface area contributed by atoms with E-state index < -0.39 is 0 Å². The van der Waals surface area contributed by atoms with Crippen molar-refractivity contribution >= 4 is 11.3 Å². The molecule has 0 saturated heterocycles. The van der Waals surface area contributed by atoms with E-state index in [-0.39, 0.29) is 6.04 Å². The van der Waals surface area contributed by atoms with Gasteiger partial charge in [0, 0.05) is 6.07 Å². The van der Waals surface area contributed by atoms with Crippen LogP contribution in [0.15, 0.2) is 12.1 Å². The van der Waals surface area contributed by atoms with Gasteiger partial charge in [-0.15, -0.1) is 10.2 Å². The zero-order valence-electron chi connectivity index (χ0n) is 12.5. The SMILES string of the molecule is CCC(N)c1nnc(-c2cc(OC)c(OC)cc2OC)s1. The van der Waals surface area contributed by atoms with Gasteiger partial charge in [0.2, 0.25) is 0 Å². The molecule has 1 aromatic carbocycles. The van der Waals surface area contributed by atoms with Gasteiger partial charge in [0.05, 0.1) is 32.9 Å². The maximum Gasteiger partial charge on any atom is 0.164 e. The average Bonchev–Trinajstić information content (AvgIpc) is 3.02. The fourth-order valence-electron chi connectivity index (χ4n) is 1.86. The largest absolute Gasteiger partial charge is 0.496 e. The van der Waals surface area contributed by atoms with E-state index in [0.717, 1.165) is 22.0 Å². The Morgan fingerprint density at radius 1 is 1.05 bits per heavy atom. The molecule has 1 unspecified atom stereocenters. The first kappa shape index (κ1) is 15.5. The maximum absolute atomic E-state index is 5.99. The fraction of sp³-hybridized carbons (Fsp3) is 0.429. The van der Waals surface area contributed by atoms with Crippen LogP contribution in [-0.2, 0) is 0 Å². The Hall–Kier alpha value is -1.86. The van der Waals surface area contributed by atoms with Gasteiger partial charge < -0.3 is 19.9 Å². The predicted octanol–water partition coefficient (Wildman–Crippen LogP) is 2.64. The third-order valence-electron chi connectivity index (χ3n) is 3.13. The zero-order chi connectivity index (χ0) is 15.4. The molecule has 7 heteroatoms. The van der Waals surface area contributed by atoms with E-state index in [0.29, 0.717) is 17.2 Å².